The molecule has 0 saturated heterocycles. The topological polar surface area (TPSA) is 94.3 Å². The molecule has 1 heterocycles. The molecule has 0 spiro atoms. The van der Waals surface area contributed by atoms with Gasteiger partial charge >= 0.3 is 0 Å². The number of Topliss-reactive ketones (excluding diaryl/α,β-unsaturated/α-hetero) is 1. The third-order valence-electron chi connectivity index (χ3n) is 4.15. The molecule has 1 N–H and O–H groups in total. The number of rotatable bonds is 8. The number of unbranched alkanes of at least 4 members (excludes halogenated alkanes) is 1. The average molecular weight is 403 g/mol. The van der Waals surface area contributed by atoms with Gasteiger partial charge in [0.25, 0.3) is 5.91 Å². The molecule has 0 aliphatic heterocycles. The third-order valence-corrected chi connectivity index (χ3v) is 4.15. The monoisotopic (exact) mass is 403 g/mol. The Morgan fingerprint density at radius 3 is 2.73 bits per heavy atom. The molecule has 0 bridgehead atoms. The molecule has 30 heavy (non-hydrogen) atoms. The summed E-state index contributed by atoms with van der Waals surface area (Å²) < 4.78 is 10.6. The lowest BCUT2D eigenvalue weighted by atomic mass is 10.1. The van der Waals surface area contributed by atoms with Crippen LogP contribution < -0.4 is 10.1 Å². The van der Waals surface area contributed by atoms with Gasteiger partial charge in [-0.25, -0.2) is 0 Å². The maximum atomic E-state index is 12.0. The van der Waals surface area contributed by atoms with Gasteiger partial charge in [-0.3, -0.25) is 9.59 Å². The number of amides is 1. The quantitative estimate of drug-likeness (QED) is 0.353. The molecule has 7 heteroatoms. The number of hydrogen-bond donors (Lipinski definition) is 1. The van der Waals surface area contributed by atoms with Gasteiger partial charge in [0.05, 0.1) is 13.7 Å². The van der Waals surface area contributed by atoms with Crippen LogP contribution in [0, 0.1) is 11.8 Å². The maximum Gasteiger partial charge on any atom is 0.287 e. The molecule has 0 radical (unpaired) electrons. The Morgan fingerprint density at radius 2 is 1.93 bits per heavy atom. The first-order valence-corrected chi connectivity index (χ1v) is 9.47. The van der Waals surface area contributed by atoms with Gasteiger partial charge < -0.3 is 14.5 Å². The molecule has 1 aromatic heterocycles. The molecule has 0 atom stereocenters. The first-order chi connectivity index (χ1) is 14.7. The van der Waals surface area contributed by atoms with Gasteiger partial charge in [-0.05, 0) is 36.8 Å². The fraction of sp³-hybridized carbons (Fsp3) is 0.217. The van der Waals surface area contributed by atoms with Crippen LogP contribution in [0.3, 0.4) is 0 Å². The Balaban J connectivity index is 1.40. The second-order valence-corrected chi connectivity index (χ2v) is 6.36. The summed E-state index contributed by atoms with van der Waals surface area (Å²) in [7, 11) is 1.60. The summed E-state index contributed by atoms with van der Waals surface area (Å²) in [6.07, 6.45) is 1.14. The van der Waals surface area contributed by atoms with Crippen molar-refractivity contribution in [3.63, 3.8) is 0 Å². The van der Waals surface area contributed by atoms with Crippen molar-refractivity contribution in [2.24, 2.45) is 0 Å². The summed E-state index contributed by atoms with van der Waals surface area (Å²) in [5.41, 5.74) is 1.63. The van der Waals surface area contributed by atoms with Crippen molar-refractivity contribution in [1.29, 1.82) is 0 Å². The molecule has 7 nitrogen and oxygen atoms in total. The van der Waals surface area contributed by atoms with Gasteiger partial charge in [-0.1, -0.05) is 36.1 Å². The van der Waals surface area contributed by atoms with E-state index in [0.717, 1.165) is 16.9 Å². The van der Waals surface area contributed by atoms with Crippen LogP contribution in [0.1, 0.15) is 30.7 Å². The first-order valence-electron chi connectivity index (χ1n) is 9.47. The SMILES string of the molecule is COc1cccc(C#CCCCC(=O)C(=O)NCc2nnc(-c3ccccc3)o2)c1. The van der Waals surface area contributed by atoms with Gasteiger partial charge in [0.2, 0.25) is 17.6 Å². The van der Waals surface area contributed by atoms with Gasteiger partial charge in [0.1, 0.15) is 5.75 Å². The zero-order valence-electron chi connectivity index (χ0n) is 16.6. The number of ether oxygens (including phenoxy) is 1. The Kier molecular flexibility index (Phi) is 7.34. The summed E-state index contributed by atoms with van der Waals surface area (Å²) in [6, 6.07) is 16.7. The van der Waals surface area contributed by atoms with Crippen LogP contribution in [-0.4, -0.2) is 29.0 Å². The Morgan fingerprint density at radius 1 is 1.10 bits per heavy atom. The van der Waals surface area contributed by atoms with Crippen LogP contribution in [0.25, 0.3) is 11.5 Å². The predicted molar refractivity (Wildman–Crippen MR) is 110 cm³/mol. The van der Waals surface area contributed by atoms with Crippen molar-refractivity contribution >= 4 is 11.7 Å². The summed E-state index contributed by atoms with van der Waals surface area (Å²) >= 11 is 0. The van der Waals surface area contributed by atoms with Gasteiger partial charge in [-0.15, -0.1) is 10.2 Å². The molecule has 3 rings (SSSR count). The number of nitrogens with zero attached hydrogens (tertiary/aromatic N) is 2. The lowest BCUT2D eigenvalue weighted by Crippen LogP contribution is -2.30. The van der Waals surface area contributed by atoms with Crippen molar-refractivity contribution in [2.75, 3.05) is 7.11 Å². The number of nitrogens with one attached hydrogen (secondary N) is 1. The minimum Gasteiger partial charge on any atom is -0.497 e. The van der Waals surface area contributed by atoms with E-state index in [0.29, 0.717) is 18.7 Å². The summed E-state index contributed by atoms with van der Waals surface area (Å²) in [5, 5.41) is 10.3. The lowest BCUT2D eigenvalue weighted by molar-refractivity contribution is -0.138. The first kappa shape index (κ1) is 20.8. The molecule has 1 amide bonds. The number of methoxy groups -OCH3 is 1. The lowest BCUT2D eigenvalue weighted by Gasteiger charge is -2.01. The van der Waals surface area contributed by atoms with E-state index in [9.17, 15) is 9.59 Å². The van der Waals surface area contributed by atoms with E-state index >= 15 is 0 Å². The smallest absolute Gasteiger partial charge is 0.287 e. The van der Waals surface area contributed by atoms with Crippen molar-refractivity contribution in [3.05, 3.63) is 66.1 Å². The minimum atomic E-state index is -0.671. The fourth-order valence-electron chi connectivity index (χ4n) is 2.59. The largest absolute Gasteiger partial charge is 0.497 e. The van der Waals surface area contributed by atoms with E-state index < -0.39 is 11.7 Å². The van der Waals surface area contributed by atoms with E-state index in [1.165, 1.54) is 0 Å². The third kappa shape index (κ3) is 6.04. The van der Waals surface area contributed by atoms with Crippen LogP contribution in [0.5, 0.6) is 5.75 Å². The Bertz CT molecular complexity index is 1060. The predicted octanol–water partition coefficient (Wildman–Crippen LogP) is 3.15. The minimum absolute atomic E-state index is 0.0000521. The fourth-order valence-corrected chi connectivity index (χ4v) is 2.59. The highest BCUT2D eigenvalue weighted by molar-refractivity contribution is 6.36. The number of aromatic nitrogens is 2. The molecule has 152 valence electrons. The number of carbonyl (C=O) groups is 2. The van der Waals surface area contributed by atoms with E-state index in [-0.39, 0.29) is 18.9 Å². The Hall–Kier alpha value is -3.92. The second kappa shape index (κ2) is 10.6. The molecule has 0 aliphatic rings. The molecule has 0 unspecified atom stereocenters. The van der Waals surface area contributed by atoms with Crippen molar-refractivity contribution in [2.45, 2.75) is 25.8 Å². The van der Waals surface area contributed by atoms with E-state index in [1.807, 2.05) is 54.6 Å². The molecule has 2 aromatic carbocycles. The van der Waals surface area contributed by atoms with E-state index in [4.69, 9.17) is 9.15 Å². The molecule has 0 fully saturated rings. The summed E-state index contributed by atoms with van der Waals surface area (Å²) in [6.45, 7) is 0.0000521. The molecule has 0 saturated carbocycles. The summed E-state index contributed by atoms with van der Waals surface area (Å²) in [5.74, 6) is 6.18. The molecule has 0 aliphatic carbocycles. The van der Waals surface area contributed by atoms with Gasteiger partial charge in [-0.2, -0.15) is 0 Å². The molecule has 3 aromatic rings. The number of carbonyl (C=O) groups excluding carboxylic acids is 2. The normalized spacial score (nSPS) is 10.0. The highest BCUT2D eigenvalue weighted by atomic mass is 16.5. The maximum absolute atomic E-state index is 12.0. The van der Waals surface area contributed by atoms with Crippen LogP contribution in [0.15, 0.2) is 59.0 Å². The van der Waals surface area contributed by atoms with Crippen LogP contribution in [0.2, 0.25) is 0 Å². The van der Waals surface area contributed by atoms with Gasteiger partial charge in [0.15, 0.2) is 0 Å². The second-order valence-electron chi connectivity index (χ2n) is 6.36. The van der Waals surface area contributed by atoms with E-state index in [1.54, 1.807) is 7.11 Å². The highest BCUT2D eigenvalue weighted by Crippen LogP contribution is 2.16. The van der Waals surface area contributed by atoms with Crippen LogP contribution >= 0.6 is 0 Å². The van der Waals surface area contributed by atoms with Gasteiger partial charge in [0, 0.05) is 24.0 Å². The van der Waals surface area contributed by atoms with Crippen molar-refractivity contribution < 1.29 is 18.7 Å². The van der Waals surface area contributed by atoms with Crippen LogP contribution in [0.4, 0.5) is 0 Å². The highest BCUT2D eigenvalue weighted by Gasteiger charge is 2.14. The zero-order chi connectivity index (χ0) is 21.2. The molecular weight excluding hydrogens is 382 g/mol. The number of ketones is 1. The average Bonchev–Trinajstić information content (AvgIpc) is 3.27. The zero-order valence-corrected chi connectivity index (χ0v) is 16.6. The van der Waals surface area contributed by atoms with Crippen LogP contribution in [-0.2, 0) is 16.1 Å². The Labute approximate surface area is 174 Å². The number of benzene rings is 2. The van der Waals surface area contributed by atoms with E-state index in [2.05, 4.69) is 27.4 Å². The molecular formula is C23H21N3O4. The van der Waals surface area contributed by atoms with Crippen molar-refractivity contribution in [1.82, 2.24) is 15.5 Å². The summed E-state index contributed by atoms with van der Waals surface area (Å²) in [4.78, 5) is 23.9. The number of hydrogen-bond acceptors (Lipinski definition) is 6. The standard InChI is InChI=1S/C23H21N3O4/c1-29-19-13-8-10-17(15-19)9-4-2-7-14-20(27)22(28)24-16-21-25-26-23(30-21)18-11-5-3-6-12-18/h3,5-6,8,10-13,15H,2,7,14,16H2,1H3,(H,24,28). The van der Waals surface area contributed by atoms with Crippen molar-refractivity contribution in [3.8, 4) is 29.0 Å².